The predicted molar refractivity (Wildman–Crippen MR) is 124 cm³/mol. The topological polar surface area (TPSA) is 105 Å². The second kappa shape index (κ2) is 11.2. The van der Waals surface area contributed by atoms with Gasteiger partial charge in [-0.15, -0.1) is 12.3 Å². The van der Waals surface area contributed by atoms with E-state index in [9.17, 15) is 19.5 Å². The zero-order chi connectivity index (χ0) is 23.8. The van der Waals surface area contributed by atoms with Crippen LogP contribution < -0.4 is 10.6 Å². The Labute approximate surface area is 193 Å². The summed E-state index contributed by atoms with van der Waals surface area (Å²) in [6, 6.07) is 15.0. The largest absolute Gasteiger partial charge is 0.481 e. The van der Waals surface area contributed by atoms with Gasteiger partial charge in [0.1, 0.15) is 12.6 Å². The van der Waals surface area contributed by atoms with Crippen molar-refractivity contribution in [3.63, 3.8) is 0 Å². The molecule has 0 bridgehead atoms. The first-order valence-electron chi connectivity index (χ1n) is 11.0. The zero-order valence-electron chi connectivity index (χ0n) is 18.5. The molecule has 3 N–H and O–H groups in total. The van der Waals surface area contributed by atoms with E-state index in [1.165, 1.54) is 0 Å². The monoisotopic (exact) mass is 448 g/mol. The number of hydrogen-bond acceptors (Lipinski definition) is 4. The number of amides is 2. The Bertz CT molecular complexity index is 1010. The fraction of sp³-hybridized carbons (Fsp3) is 0.346. The van der Waals surface area contributed by atoms with Gasteiger partial charge < -0.3 is 20.5 Å². The second-order valence-electron chi connectivity index (χ2n) is 8.00. The van der Waals surface area contributed by atoms with Gasteiger partial charge >= 0.3 is 12.1 Å². The summed E-state index contributed by atoms with van der Waals surface area (Å²) in [6.45, 7) is 1.95. The van der Waals surface area contributed by atoms with Gasteiger partial charge in [0.2, 0.25) is 5.91 Å². The Morgan fingerprint density at radius 2 is 1.70 bits per heavy atom. The number of carbonyl (C=O) groups excluding carboxylic acids is 2. The number of carboxylic acid groups (broad SMARTS) is 1. The average molecular weight is 449 g/mol. The molecule has 2 aromatic carbocycles. The molecular weight excluding hydrogens is 420 g/mol. The normalized spacial score (nSPS) is 13.7. The van der Waals surface area contributed by atoms with E-state index < -0.39 is 29.9 Å². The lowest BCUT2D eigenvalue weighted by atomic mass is 9.98. The molecule has 0 saturated carbocycles. The first kappa shape index (κ1) is 23.9. The predicted octanol–water partition coefficient (Wildman–Crippen LogP) is 3.53. The minimum Gasteiger partial charge on any atom is -0.481 e. The molecule has 33 heavy (non-hydrogen) atoms. The van der Waals surface area contributed by atoms with Gasteiger partial charge in [0.15, 0.2) is 0 Å². The molecule has 2 amide bonds. The molecular formula is C26H28N2O5. The van der Waals surface area contributed by atoms with Gasteiger partial charge in [-0.3, -0.25) is 9.59 Å². The molecule has 0 spiro atoms. The third-order valence-corrected chi connectivity index (χ3v) is 5.78. The molecule has 1 aliphatic carbocycles. The maximum atomic E-state index is 12.5. The first-order valence-corrected chi connectivity index (χ1v) is 11.0. The lowest BCUT2D eigenvalue weighted by molar-refractivity contribution is -0.142. The fourth-order valence-corrected chi connectivity index (χ4v) is 4.12. The van der Waals surface area contributed by atoms with Crippen molar-refractivity contribution in [2.75, 3.05) is 13.2 Å². The van der Waals surface area contributed by atoms with Gasteiger partial charge in [-0.1, -0.05) is 61.9 Å². The van der Waals surface area contributed by atoms with Crippen LogP contribution in [0.4, 0.5) is 4.79 Å². The highest BCUT2D eigenvalue weighted by molar-refractivity contribution is 5.86. The Hall–Kier alpha value is -3.79. The van der Waals surface area contributed by atoms with E-state index in [2.05, 4.69) is 16.6 Å². The molecule has 2 aromatic rings. The van der Waals surface area contributed by atoms with Gasteiger partial charge in [0, 0.05) is 18.9 Å². The lowest BCUT2D eigenvalue weighted by Crippen LogP contribution is -2.48. The molecule has 172 valence electrons. The molecule has 7 nitrogen and oxygen atoms in total. The van der Waals surface area contributed by atoms with Crippen molar-refractivity contribution in [2.45, 2.75) is 38.1 Å². The SMILES string of the molecule is C#CCC(NC(=O)OCC1c2ccccc2-c2ccccc21)C(=O)NCC(CCC)C(=O)O. The van der Waals surface area contributed by atoms with Gasteiger partial charge in [-0.2, -0.15) is 0 Å². The van der Waals surface area contributed by atoms with Crippen LogP contribution >= 0.6 is 0 Å². The Balaban J connectivity index is 1.60. The summed E-state index contributed by atoms with van der Waals surface area (Å²) in [5.74, 6) is 0.0527. The van der Waals surface area contributed by atoms with E-state index in [-0.39, 0.29) is 25.5 Å². The Morgan fingerprint density at radius 3 is 2.24 bits per heavy atom. The molecule has 0 fully saturated rings. The Kier molecular flexibility index (Phi) is 8.09. The third kappa shape index (κ3) is 5.72. The lowest BCUT2D eigenvalue weighted by Gasteiger charge is -2.19. The van der Waals surface area contributed by atoms with Gasteiger partial charge in [0.05, 0.1) is 5.92 Å². The highest BCUT2D eigenvalue weighted by atomic mass is 16.5. The second-order valence-corrected chi connectivity index (χ2v) is 8.00. The smallest absolute Gasteiger partial charge is 0.407 e. The molecule has 0 saturated heterocycles. The molecule has 2 unspecified atom stereocenters. The van der Waals surface area contributed by atoms with Crippen molar-refractivity contribution in [1.29, 1.82) is 0 Å². The van der Waals surface area contributed by atoms with E-state index >= 15 is 0 Å². The first-order chi connectivity index (χ1) is 16.0. The molecule has 0 radical (unpaired) electrons. The number of carbonyl (C=O) groups is 3. The maximum absolute atomic E-state index is 12.5. The number of fused-ring (bicyclic) bond motifs is 3. The van der Waals surface area contributed by atoms with Crippen molar-refractivity contribution in [1.82, 2.24) is 10.6 Å². The number of rotatable bonds is 10. The maximum Gasteiger partial charge on any atom is 0.407 e. The summed E-state index contributed by atoms with van der Waals surface area (Å²) in [5, 5.41) is 14.3. The van der Waals surface area contributed by atoms with Crippen LogP contribution in [0.2, 0.25) is 0 Å². The molecule has 3 rings (SSSR count). The Morgan fingerprint density at radius 1 is 1.09 bits per heavy atom. The van der Waals surface area contributed by atoms with Crippen LogP contribution in [0.25, 0.3) is 11.1 Å². The quantitative estimate of drug-likeness (QED) is 0.482. The van der Waals surface area contributed by atoms with Crippen molar-refractivity contribution in [3.05, 3.63) is 59.7 Å². The van der Waals surface area contributed by atoms with Crippen molar-refractivity contribution in [3.8, 4) is 23.5 Å². The van der Waals surface area contributed by atoms with Crippen molar-refractivity contribution >= 4 is 18.0 Å². The van der Waals surface area contributed by atoms with Crippen molar-refractivity contribution in [2.24, 2.45) is 5.92 Å². The number of terminal acetylenes is 1. The highest BCUT2D eigenvalue weighted by Gasteiger charge is 2.30. The van der Waals surface area contributed by atoms with Gasteiger partial charge in [-0.05, 0) is 28.7 Å². The minimum absolute atomic E-state index is 0.0323. The molecule has 0 aliphatic heterocycles. The van der Waals surface area contributed by atoms with E-state index in [0.717, 1.165) is 22.3 Å². The number of aliphatic carboxylic acids is 1. The van der Waals surface area contributed by atoms with Crippen LogP contribution in [0.15, 0.2) is 48.5 Å². The molecule has 1 aliphatic rings. The molecule has 0 heterocycles. The number of ether oxygens (including phenoxy) is 1. The zero-order valence-corrected chi connectivity index (χ0v) is 18.5. The van der Waals surface area contributed by atoms with Gasteiger partial charge in [-0.25, -0.2) is 4.79 Å². The van der Waals surface area contributed by atoms with E-state index in [0.29, 0.717) is 12.8 Å². The number of nitrogens with one attached hydrogen (secondary N) is 2. The molecule has 7 heteroatoms. The average Bonchev–Trinajstić information content (AvgIpc) is 3.13. The van der Waals surface area contributed by atoms with Crippen LogP contribution in [0.1, 0.15) is 43.2 Å². The van der Waals surface area contributed by atoms with E-state index in [1.807, 2.05) is 55.5 Å². The summed E-state index contributed by atoms with van der Waals surface area (Å²) in [5.41, 5.74) is 4.40. The van der Waals surface area contributed by atoms with Crippen molar-refractivity contribution < 1.29 is 24.2 Å². The van der Waals surface area contributed by atoms with Crippen LogP contribution in [-0.4, -0.2) is 42.3 Å². The summed E-state index contributed by atoms with van der Waals surface area (Å²) < 4.78 is 5.48. The minimum atomic E-state index is -1.01. The summed E-state index contributed by atoms with van der Waals surface area (Å²) >= 11 is 0. The number of hydrogen-bond donors (Lipinski definition) is 3. The summed E-state index contributed by atoms with van der Waals surface area (Å²) in [6.07, 6.45) is 5.68. The molecule has 2 atom stereocenters. The number of benzene rings is 2. The highest BCUT2D eigenvalue weighted by Crippen LogP contribution is 2.44. The van der Waals surface area contributed by atoms with Crippen LogP contribution in [0.5, 0.6) is 0 Å². The fourth-order valence-electron chi connectivity index (χ4n) is 4.12. The van der Waals surface area contributed by atoms with Crippen LogP contribution in [0.3, 0.4) is 0 Å². The van der Waals surface area contributed by atoms with Crippen LogP contribution in [-0.2, 0) is 14.3 Å². The standard InChI is InChI=1S/C26H28N2O5/c1-3-9-17(25(30)31)15-27-24(29)23(10-4-2)28-26(32)33-16-22-20-13-7-5-11-18(20)19-12-6-8-14-21(19)22/h2,5-8,11-14,17,22-23H,3,9-10,15-16H2,1H3,(H,27,29)(H,28,32)(H,30,31). The van der Waals surface area contributed by atoms with Crippen LogP contribution in [0, 0.1) is 18.3 Å². The van der Waals surface area contributed by atoms with E-state index in [1.54, 1.807) is 0 Å². The summed E-state index contributed by atoms with van der Waals surface area (Å²) in [4.78, 5) is 36.3. The molecule has 0 aromatic heterocycles. The van der Waals surface area contributed by atoms with E-state index in [4.69, 9.17) is 11.2 Å². The van der Waals surface area contributed by atoms with Gasteiger partial charge in [0.25, 0.3) is 0 Å². The number of carboxylic acids is 1. The third-order valence-electron chi connectivity index (χ3n) is 5.78. The number of alkyl carbamates (subject to hydrolysis) is 1. The summed E-state index contributed by atoms with van der Waals surface area (Å²) in [7, 11) is 0.